The summed E-state index contributed by atoms with van der Waals surface area (Å²) in [5.74, 6) is -0.664. The molecule has 0 unspecified atom stereocenters. The van der Waals surface area contributed by atoms with Crippen LogP contribution in [-0.4, -0.2) is 50.9 Å². The van der Waals surface area contributed by atoms with Crippen molar-refractivity contribution in [1.29, 1.82) is 0 Å². The molecule has 258 valence electrons. The Balaban J connectivity index is 1.60. The molecule has 0 aliphatic heterocycles. The second-order valence-corrected chi connectivity index (χ2v) is 13.8. The largest absolute Gasteiger partial charge is 0.497 e. The molecular weight excluding hydrogens is 655 g/mol. The van der Waals surface area contributed by atoms with E-state index in [2.05, 4.69) is 5.32 Å². The standard InChI is InChI=1S/C37H38F3N3O5S/c1-48-32-19-10-14-28(22-32)25-42(34(23-27-12-4-2-5-13-27)36(45)41-30-16-8-9-17-30)35(44)26-43(49(46,47)33-20-6-3-7-21-33)31-18-11-15-29(24-31)37(38,39)40/h2-7,10-15,18-22,24,30,34H,8-9,16-17,23,25-26H2,1H3,(H,41,45)/t34-/m1/s1. The monoisotopic (exact) mass is 693 g/mol. The molecular formula is C37H38F3N3O5S. The number of amides is 2. The lowest BCUT2D eigenvalue weighted by Crippen LogP contribution is -2.54. The summed E-state index contributed by atoms with van der Waals surface area (Å²) in [7, 11) is -3.06. The molecule has 0 bridgehead atoms. The van der Waals surface area contributed by atoms with E-state index in [1.807, 2.05) is 30.3 Å². The van der Waals surface area contributed by atoms with Gasteiger partial charge in [0.05, 0.1) is 23.3 Å². The van der Waals surface area contributed by atoms with Crippen LogP contribution in [-0.2, 0) is 38.8 Å². The molecule has 1 atom stereocenters. The maximum Gasteiger partial charge on any atom is 0.416 e. The number of ether oxygens (including phenoxy) is 1. The van der Waals surface area contributed by atoms with Crippen LogP contribution in [0, 0.1) is 0 Å². The smallest absolute Gasteiger partial charge is 0.416 e. The number of hydrogen-bond acceptors (Lipinski definition) is 5. The minimum Gasteiger partial charge on any atom is -0.497 e. The molecule has 0 saturated heterocycles. The number of carbonyl (C=O) groups is 2. The molecule has 4 aromatic rings. The summed E-state index contributed by atoms with van der Waals surface area (Å²) < 4.78 is 75.7. The first kappa shape index (κ1) is 35.5. The molecule has 0 radical (unpaired) electrons. The van der Waals surface area contributed by atoms with Gasteiger partial charge in [-0.05, 0) is 66.4 Å². The van der Waals surface area contributed by atoms with Crippen LogP contribution in [0.15, 0.2) is 114 Å². The average Bonchev–Trinajstić information content (AvgIpc) is 3.62. The van der Waals surface area contributed by atoms with Gasteiger partial charge in [0.25, 0.3) is 10.0 Å². The van der Waals surface area contributed by atoms with Crippen molar-refractivity contribution in [3.05, 3.63) is 126 Å². The van der Waals surface area contributed by atoms with Crippen LogP contribution in [0.4, 0.5) is 18.9 Å². The van der Waals surface area contributed by atoms with Crippen LogP contribution in [0.2, 0.25) is 0 Å². The summed E-state index contributed by atoms with van der Waals surface area (Å²) in [6.45, 7) is -0.974. The van der Waals surface area contributed by atoms with Crippen molar-refractivity contribution in [3.63, 3.8) is 0 Å². The van der Waals surface area contributed by atoms with Gasteiger partial charge in [-0.1, -0.05) is 79.6 Å². The third kappa shape index (κ3) is 9.00. The van der Waals surface area contributed by atoms with Gasteiger partial charge in [-0.15, -0.1) is 0 Å². The van der Waals surface area contributed by atoms with E-state index in [-0.39, 0.29) is 29.6 Å². The molecule has 1 fully saturated rings. The predicted molar refractivity (Wildman–Crippen MR) is 180 cm³/mol. The minimum absolute atomic E-state index is 0.0698. The molecule has 1 N–H and O–H groups in total. The Morgan fingerprint density at radius 1 is 0.857 bits per heavy atom. The van der Waals surface area contributed by atoms with Crippen molar-refractivity contribution < 1.29 is 35.9 Å². The third-order valence-corrected chi connectivity index (χ3v) is 10.3. The molecule has 1 saturated carbocycles. The van der Waals surface area contributed by atoms with Crippen LogP contribution < -0.4 is 14.4 Å². The molecule has 2 amide bonds. The molecule has 1 aliphatic rings. The van der Waals surface area contributed by atoms with Crippen LogP contribution in [0.5, 0.6) is 5.75 Å². The molecule has 12 heteroatoms. The van der Waals surface area contributed by atoms with E-state index in [0.29, 0.717) is 21.7 Å². The average molecular weight is 694 g/mol. The van der Waals surface area contributed by atoms with Gasteiger partial charge in [-0.25, -0.2) is 8.42 Å². The van der Waals surface area contributed by atoms with Crippen molar-refractivity contribution in [1.82, 2.24) is 10.2 Å². The zero-order valence-corrected chi connectivity index (χ0v) is 27.8. The first-order valence-electron chi connectivity index (χ1n) is 16.0. The van der Waals surface area contributed by atoms with Crippen LogP contribution in [0.3, 0.4) is 0 Å². The van der Waals surface area contributed by atoms with Gasteiger partial charge in [0.15, 0.2) is 0 Å². The number of methoxy groups -OCH3 is 1. The summed E-state index contributed by atoms with van der Waals surface area (Å²) in [6.07, 6.45) is -1.13. The van der Waals surface area contributed by atoms with Crippen molar-refractivity contribution >= 4 is 27.5 Å². The normalized spacial score (nSPS) is 14.2. The summed E-state index contributed by atoms with van der Waals surface area (Å²) in [4.78, 5) is 29.8. The quantitative estimate of drug-likeness (QED) is 0.170. The van der Waals surface area contributed by atoms with Crippen molar-refractivity contribution in [2.75, 3.05) is 18.0 Å². The number of carbonyl (C=O) groups excluding carboxylic acids is 2. The Bertz CT molecular complexity index is 1830. The van der Waals surface area contributed by atoms with Crippen LogP contribution >= 0.6 is 0 Å². The molecule has 0 heterocycles. The Morgan fingerprint density at radius 2 is 1.49 bits per heavy atom. The van der Waals surface area contributed by atoms with E-state index in [4.69, 9.17) is 4.74 Å². The fourth-order valence-electron chi connectivity index (χ4n) is 5.97. The summed E-state index contributed by atoms with van der Waals surface area (Å²) in [6, 6.07) is 25.9. The van der Waals surface area contributed by atoms with E-state index < -0.39 is 46.2 Å². The van der Waals surface area contributed by atoms with Crippen molar-refractivity contribution in [2.45, 2.75) is 61.8 Å². The number of halogens is 3. The number of rotatable bonds is 13. The highest BCUT2D eigenvalue weighted by molar-refractivity contribution is 7.92. The van der Waals surface area contributed by atoms with Gasteiger partial charge in [0.2, 0.25) is 11.8 Å². The van der Waals surface area contributed by atoms with Crippen molar-refractivity contribution in [3.8, 4) is 5.75 Å². The van der Waals surface area contributed by atoms with Gasteiger partial charge in [0, 0.05) is 19.0 Å². The zero-order chi connectivity index (χ0) is 35.0. The van der Waals surface area contributed by atoms with E-state index in [9.17, 15) is 31.2 Å². The number of nitrogens with one attached hydrogen (secondary N) is 1. The number of benzene rings is 4. The topological polar surface area (TPSA) is 96.0 Å². The van der Waals surface area contributed by atoms with E-state index in [1.54, 1.807) is 30.3 Å². The first-order chi connectivity index (χ1) is 23.5. The first-order valence-corrected chi connectivity index (χ1v) is 17.4. The highest BCUT2D eigenvalue weighted by Gasteiger charge is 2.37. The number of sulfonamides is 1. The number of alkyl halides is 3. The zero-order valence-electron chi connectivity index (χ0n) is 27.0. The number of anilines is 1. The second kappa shape index (κ2) is 15.6. The summed E-state index contributed by atoms with van der Waals surface area (Å²) in [5.41, 5.74) is -0.0414. The molecule has 5 rings (SSSR count). The lowest BCUT2D eigenvalue weighted by atomic mass is 10.0. The molecule has 0 aromatic heterocycles. The molecule has 49 heavy (non-hydrogen) atoms. The van der Waals surface area contributed by atoms with E-state index in [1.165, 1.54) is 42.3 Å². The fraction of sp³-hybridized carbons (Fsp3) is 0.297. The minimum atomic E-state index is -4.76. The lowest BCUT2D eigenvalue weighted by Gasteiger charge is -2.34. The van der Waals surface area contributed by atoms with Gasteiger partial charge in [-0.2, -0.15) is 13.2 Å². The third-order valence-electron chi connectivity index (χ3n) is 8.53. The fourth-order valence-corrected chi connectivity index (χ4v) is 7.40. The molecule has 8 nitrogen and oxygen atoms in total. The van der Waals surface area contributed by atoms with Gasteiger partial charge in [0.1, 0.15) is 18.3 Å². The van der Waals surface area contributed by atoms with E-state index in [0.717, 1.165) is 43.4 Å². The lowest BCUT2D eigenvalue weighted by molar-refractivity contribution is -0.140. The van der Waals surface area contributed by atoms with Crippen LogP contribution in [0.1, 0.15) is 42.4 Å². The Hall–Kier alpha value is -4.84. The second-order valence-electron chi connectivity index (χ2n) is 11.9. The number of nitrogens with zero attached hydrogens (tertiary/aromatic N) is 2. The van der Waals surface area contributed by atoms with Gasteiger partial charge in [-0.3, -0.25) is 13.9 Å². The van der Waals surface area contributed by atoms with Gasteiger partial charge >= 0.3 is 6.18 Å². The summed E-state index contributed by atoms with van der Waals surface area (Å²) >= 11 is 0. The highest BCUT2D eigenvalue weighted by Crippen LogP contribution is 2.33. The van der Waals surface area contributed by atoms with E-state index >= 15 is 0 Å². The van der Waals surface area contributed by atoms with Gasteiger partial charge < -0.3 is 15.0 Å². The maximum atomic E-state index is 14.6. The number of hydrogen-bond donors (Lipinski definition) is 1. The van der Waals surface area contributed by atoms with Crippen LogP contribution in [0.25, 0.3) is 0 Å². The Labute approximate surface area is 284 Å². The Morgan fingerprint density at radius 3 is 2.14 bits per heavy atom. The SMILES string of the molecule is COc1cccc(CN(C(=O)CN(c2cccc(C(F)(F)F)c2)S(=O)(=O)c2ccccc2)[C@H](Cc2ccccc2)C(=O)NC2CCCC2)c1. The molecule has 4 aromatic carbocycles. The predicted octanol–water partition coefficient (Wildman–Crippen LogP) is 6.61. The molecule has 0 spiro atoms. The van der Waals surface area contributed by atoms with Crippen molar-refractivity contribution in [2.24, 2.45) is 0 Å². The Kier molecular flexibility index (Phi) is 11.3. The maximum absolute atomic E-state index is 14.6. The summed E-state index contributed by atoms with van der Waals surface area (Å²) in [5, 5.41) is 3.09. The highest BCUT2D eigenvalue weighted by atomic mass is 32.2. The molecule has 1 aliphatic carbocycles.